The Balaban J connectivity index is -0.0000000450. The van der Waals surface area contributed by atoms with Gasteiger partial charge in [0.15, 0.2) is 0 Å². The average Bonchev–Trinajstić information content (AvgIpc) is 1.37. The third kappa shape index (κ3) is 59.5. The highest BCUT2D eigenvalue weighted by Gasteiger charge is 1.43. The number of nitrogens with two attached hydrogens (primary N) is 1. The highest BCUT2D eigenvalue weighted by Crippen LogP contribution is 1.40. The lowest BCUT2D eigenvalue weighted by Crippen LogP contribution is -1.90. The molecule has 0 amide bonds. The van der Waals surface area contributed by atoms with Crippen molar-refractivity contribution in [2.75, 3.05) is 6.54 Å². The van der Waals surface area contributed by atoms with Crippen LogP contribution in [0.2, 0.25) is 0 Å². The second-order valence-corrected chi connectivity index (χ2v) is 0.524. The fraction of sp³-hybridized carbons (Fsp3) is 0.500. The first-order chi connectivity index (χ1) is 1.91. The third-order valence-electron chi connectivity index (χ3n) is 0.167. The van der Waals surface area contributed by atoms with Gasteiger partial charge in [0.2, 0.25) is 0 Å². The van der Waals surface area contributed by atoms with Crippen LogP contribution in [0.15, 0.2) is 12.7 Å². The Bertz CT molecular complexity index is 21.5. The SMILES string of the molecule is C.C=CCN.O. The van der Waals surface area contributed by atoms with Crippen molar-refractivity contribution in [1.29, 1.82) is 0 Å². The zero-order valence-electron chi connectivity index (χ0n) is 3.07. The van der Waals surface area contributed by atoms with Crippen LogP contribution in [0.1, 0.15) is 7.43 Å². The van der Waals surface area contributed by atoms with E-state index in [1.807, 2.05) is 0 Å². The van der Waals surface area contributed by atoms with E-state index in [1.165, 1.54) is 0 Å². The van der Waals surface area contributed by atoms with Gasteiger partial charge in [0.1, 0.15) is 0 Å². The molecule has 0 aromatic heterocycles. The van der Waals surface area contributed by atoms with E-state index < -0.39 is 0 Å². The second-order valence-electron chi connectivity index (χ2n) is 0.524. The van der Waals surface area contributed by atoms with Gasteiger partial charge >= 0.3 is 0 Å². The van der Waals surface area contributed by atoms with Gasteiger partial charge in [0.25, 0.3) is 0 Å². The summed E-state index contributed by atoms with van der Waals surface area (Å²) in [6.07, 6.45) is 1.65. The van der Waals surface area contributed by atoms with Crippen LogP contribution in [0.3, 0.4) is 0 Å². The molecule has 0 aliphatic carbocycles. The molecule has 0 saturated heterocycles. The topological polar surface area (TPSA) is 57.5 Å². The molecule has 0 aliphatic rings. The van der Waals surface area contributed by atoms with Gasteiger partial charge in [-0.1, -0.05) is 13.5 Å². The normalized spacial score (nSPS) is 4.17. The molecule has 0 saturated carbocycles. The molecule has 0 fully saturated rings. The summed E-state index contributed by atoms with van der Waals surface area (Å²) in [7, 11) is 0. The molecule has 0 bridgehead atoms. The maximum Gasteiger partial charge on any atom is 0.0104 e. The van der Waals surface area contributed by atoms with Gasteiger partial charge in [0.05, 0.1) is 0 Å². The number of rotatable bonds is 1. The molecule has 4 N–H and O–H groups in total. The average molecular weight is 91.2 g/mol. The van der Waals surface area contributed by atoms with E-state index in [0.29, 0.717) is 6.54 Å². The van der Waals surface area contributed by atoms with Gasteiger partial charge in [-0.05, 0) is 0 Å². The maximum atomic E-state index is 4.91. The minimum atomic E-state index is 0. The fourth-order valence-electron chi connectivity index (χ4n) is 0. The smallest absolute Gasteiger partial charge is 0.0104 e. The Labute approximate surface area is 39.0 Å². The summed E-state index contributed by atoms with van der Waals surface area (Å²) in [4.78, 5) is 0. The van der Waals surface area contributed by atoms with Gasteiger partial charge in [-0.15, -0.1) is 6.58 Å². The Morgan fingerprint density at radius 3 is 1.83 bits per heavy atom. The van der Waals surface area contributed by atoms with Crippen molar-refractivity contribution >= 4 is 0 Å². The zero-order chi connectivity index (χ0) is 3.41. The first-order valence-electron chi connectivity index (χ1n) is 1.22. The maximum absolute atomic E-state index is 4.91. The molecular weight excluding hydrogens is 78.0 g/mol. The third-order valence-corrected chi connectivity index (χ3v) is 0.167. The molecule has 0 spiro atoms. The van der Waals surface area contributed by atoms with Gasteiger partial charge in [-0.25, -0.2) is 0 Å². The summed E-state index contributed by atoms with van der Waals surface area (Å²) in [5.74, 6) is 0. The van der Waals surface area contributed by atoms with E-state index in [-0.39, 0.29) is 12.9 Å². The van der Waals surface area contributed by atoms with Crippen LogP contribution in [0.5, 0.6) is 0 Å². The predicted octanol–water partition coefficient (Wildman–Crippen LogP) is -0.0575. The lowest BCUT2D eigenvalue weighted by atomic mass is 10.7. The van der Waals surface area contributed by atoms with Crippen molar-refractivity contribution in [2.24, 2.45) is 5.73 Å². The van der Waals surface area contributed by atoms with Crippen LogP contribution in [-0.2, 0) is 0 Å². The monoisotopic (exact) mass is 91.1 g/mol. The van der Waals surface area contributed by atoms with Crippen LogP contribution in [0.25, 0.3) is 0 Å². The molecule has 6 heavy (non-hydrogen) atoms. The Morgan fingerprint density at radius 1 is 1.67 bits per heavy atom. The molecule has 0 aromatic rings. The number of hydrogen-bond donors (Lipinski definition) is 1. The minimum Gasteiger partial charge on any atom is -0.412 e. The first-order valence-corrected chi connectivity index (χ1v) is 1.22. The summed E-state index contributed by atoms with van der Waals surface area (Å²) in [6, 6.07) is 0. The Hall–Kier alpha value is -0.340. The first kappa shape index (κ1) is 17.4. The van der Waals surface area contributed by atoms with Crippen LogP contribution >= 0.6 is 0 Å². The van der Waals surface area contributed by atoms with Crippen molar-refractivity contribution in [1.82, 2.24) is 0 Å². The van der Waals surface area contributed by atoms with Crippen LogP contribution < -0.4 is 5.73 Å². The molecule has 2 heteroatoms. The zero-order valence-corrected chi connectivity index (χ0v) is 3.07. The van der Waals surface area contributed by atoms with E-state index >= 15 is 0 Å². The molecule has 0 rings (SSSR count). The molecule has 0 heterocycles. The Kier molecular flexibility index (Phi) is 65.6. The molecule has 0 unspecified atom stereocenters. The van der Waals surface area contributed by atoms with Crippen LogP contribution in [0.4, 0.5) is 0 Å². The van der Waals surface area contributed by atoms with Crippen molar-refractivity contribution < 1.29 is 5.48 Å². The van der Waals surface area contributed by atoms with Gasteiger partial charge in [-0.3, -0.25) is 0 Å². The summed E-state index contributed by atoms with van der Waals surface area (Å²) in [5, 5.41) is 0. The quantitative estimate of drug-likeness (QED) is 0.452. The van der Waals surface area contributed by atoms with E-state index in [9.17, 15) is 0 Å². The standard InChI is InChI=1S/C3H7N.CH4.H2O/c1-2-3-4;;/h2H,1,3-4H2;1H4;1H2. The molecular formula is C4H13NO. The van der Waals surface area contributed by atoms with E-state index in [4.69, 9.17) is 5.73 Å². The van der Waals surface area contributed by atoms with Gasteiger partial charge in [0, 0.05) is 6.54 Å². The minimum absolute atomic E-state index is 0. The van der Waals surface area contributed by atoms with Crippen LogP contribution in [-0.4, -0.2) is 12.0 Å². The predicted molar refractivity (Wildman–Crippen MR) is 29.6 cm³/mol. The van der Waals surface area contributed by atoms with Gasteiger partial charge < -0.3 is 11.2 Å². The Morgan fingerprint density at radius 2 is 1.83 bits per heavy atom. The summed E-state index contributed by atoms with van der Waals surface area (Å²) >= 11 is 0. The highest BCUT2D eigenvalue weighted by atomic mass is 16.0. The molecule has 40 valence electrons. The lowest BCUT2D eigenvalue weighted by molar-refractivity contribution is 0.824. The molecule has 0 aromatic carbocycles. The molecule has 2 nitrogen and oxygen atoms in total. The fourth-order valence-corrected chi connectivity index (χ4v) is 0. The summed E-state index contributed by atoms with van der Waals surface area (Å²) < 4.78 is 0. The van der Waals surface area contributed by atoms with E-state index in [0.717, 1.165) is 0 Å². The highest BCUT2D eigenvalue weighted by molar-refractivity contribution is 4.64. The van der Waals surface area contributed by atoms with Crippen LogP contribution in [0, 0.1) is 0 Å². The largest absolute Gasteiger partial charge is 0.412 e. The lowest BCUT2D eigenvalue weighted by Gasteiger charge is -1.61. The van der Waals surface area contributed by atoms with Gasteiger partial charge in [-0.2, -0.15) is 0 Å². The molecule has 0 aliphatic heterocycles. The van der Waals surface area contributed by atoms with Crippen molar-refractivity contribution in [2.45, 2.75) is 7.43 Å². The van der Waals surface area contributed by atoms with Crippen molar-refractivity contribution in [3.8, 4) is 0 Å². The molecule has 0 atom stereocenters. The molecule has 0 radical (unpaired) electrons. The number of hydrogen-bond acceptors (Lipinski definition) is 1. The second kappa shape index (κ2) is 22.7. The van der Waals surface area contributed by atoms with E-state index in [1.54, 1.807) is 6.08 Å². The summed E-state index contributed by atoms with van der Waals surface area (Å²) in [6.45, 7) is 3.94. The van der Waals surface area contributed by atoms with E-state index in [2.05, 4.69) is 6.58 Å². The van der Waals surface area contributed by atoms with Crippen molar-refractivity contribution in [3.63, 3.8) is 0 Å². The summed E-state index contributed by atoms with van der Waals surface area (Å²) in [5.41, 5.74) is 4.91. The van der Waals surface area contributed by atoms with Crippen molar-refractivity contribution in [3.05, 3.63) is 12.7 Å².